The van der Waals surface area contributed by atoms with Crippen LogP contribution in [0.4, 0.5) is 5.69 Å². The lowest BCUT2D eigenvalue weighted by atomic mass is 9.78. The summed E-state index contributed by atoms with van der Waals surface area (Å²) in [4.78, 5) is 10.9. The van der Waals surface area contributed by atoms with Gasteiger partial charge in [-0.1, -0.05) is 18.2 Å². The summed E-state index contributed by atoms with van der Waals surface area (Å²) in [5, 5.41) is 6.09. The Kier molecular flexibility index (Phi) is 4.82. The number of carbonyl (C=O) groups is 1. The molecule has 0 aliphatic carbocycles. The minimum atomic E-state index is -0.394. The molecular weight excluding hydrogens is 279 g/mol. The summed E-state index contributed by atoms with van der Waals surface area (Å²) in [5.41, 5.74) is 1.22. The summed E-state index contributed by atoms with van der Waals surface area (Å²) in [7, 11) is -0.394. The molecule has 1 saturated heterocycles. The highest BCUT2D eigenvalue weighted by atomic mass is 16.7. The number of benzene rings is 1. The molecule has 0 aromatic heterocycles. The van der Waals surface area contributed by atoms with Gasteiger partial charge in [0.1, 0.15) is 0 Å². The van der Waals surface area contributed by atoms with Gasteiger partial charge in [-0.25, -0.2) is 0 Å². The van der Waals surface area contributed by atoms with Gasteiger partial charge in [0, 0.05) is 31.2 Å². The van der Waals surface area contributed by atoms with E-state index in [4.69, 9.17) is 9.31 Å². The number of nitrogens with one attached hydrogen (secondary N) is 2. The number of para-hydroxylation sites is 1. The van der Waals surface area contributed by atoms with Crippen LogP contribution in [-0.2, 0) is 14.1 Å². The van der Waals surface area contributed by atoms with Crippen molar-refractivity contribution in [2.24, 2.45) is 0 Å². The molecule has 0 bridgehead atoms. The first kappa shape index (κ1) is 16.8. The molecule has 0 spiro atoms. The fourth-order valence-corrected chi connectivity index (χ4v) is 2.27. The van der Waals surface area contributed by atoms with Gasteiger partial charge in [0.25, 0.3) is 0 Å². The molecule has 1 aromatic carbocycles. The first-order valence-corrected chi connectivity index (χ1v) is 7.66. The summed E-state index contributed by atoms with van der Waals surface area (Å²) in [6.45, 7) is 10.9. The van der Waals surface area contributed by atoms with E-state index in [-0.39, 0.29) is 17.1 Å². The van der Waals surface area contributed by atoms with E-state index in [1.807, 2.05) is 52.0 Å². The molecule has 1 fully saturated rings. The van der Waals surface area contributed by atoms with Crippen LogP contribution in [0.25, 0.3) is 0 Å². The molecule has 0 unspecified atom stereocenters. The number of hydrogen-bond donors (Lipinski definition) is 2. The van der Waals surface area contributed by atoms with Crippen LogP contribution in [0.15, 0.2) is 24.3 Å². The van der Waals surface area contributed by atoms with Gasteiger partial charge in [-0.15, -0.1) is 0 Å². The second-order valence-corrected chi connectivity index (χ2v) is 6.59. The number of carbonyl (C=O) groups excluding carboxylic acids is 1. The number of amides is 1. The zero-order valence-corrected chi connectivity index (χ0v) is 14.0. The number of rotatable bonds is 5. The third-order valence-electron chi connectivity index (χ3n) is 4.28. The lowest BCUT2D eigenvalue weighted by Gasteiger charge is -2.32. The van der Waals surface area contributed by atoms with E-state index in [1.165, 1.54) is 6.92 Å². The number of anilines is 1. The van der Waals surface area contributed by atoms with Gasteiger partial charge < -0.3 is 19.9 Å². The lowest BCUT2D eigenvalue weighted by molar-refractivity contribution is -0.118. The van der Waals surface area contributed by atoms with Gasteiger partial charge in [0.15, 0.2) is 0 Å². The van der Waals surface area contributed by atoms with Crippen LogP contribution >= 0.6 is 0 Å². The highest BCUT2D eigenvalue weighted by molar-refractivity contribution is 6.63. The van der Waals surface area contributed by atoms with Crippen molar-refractivity contribution in [3.8, 4) is 0 Å². The van der Waals surface area contributed by atoms with E-state index in [0.717, 1.165) is 11.2 Å². The van der Waals surface area contributed by atoms with E-state index in [9.17, 15) is 4.79 Å². The first-order chi connectivity index (χ1) is 10.2. The van der Waals surface area contributed by atoms with Crippen molar-refractivity contribution < 1.29 is 14.1 Å². The molecule has 22 heavy (non-hydrogen) atoms. The topological polar surface area (TPSA) is 59.6 Å². The maximum atomic E-state index is 10.9. The highest BCUT2D eigenvalue weighted by Crippen LogP contribution is 2.36. The van der Waals surface area contributed by atoms with Crippen molar-refractivity contribution in [1.82, 2.24) is 5.32 Å². The molecule has 0 atom stereocenters. The molecular formula is C16H25BN2O3. The zero-order valence-electron chi connectivity index (χ0n) is 14.0. The van der Waals surface area contributed by atoms with Crippen molar-refractivity contribution in [2.45, 2.75) is 45.8 Å². The molecule has 2 rings (SSSR count). The lowest BCUT2D eigenvalue weighted by Crippen LogP contribution is -2.41. The van der Waals surface area contributed by atoms with E-state index >= 15 is 0 Å². The maximum absolute atomic E-state index is 10.9. The van der Waals surface area contributed by atoms with Crippen LogP contribution in [0, 0.1) is 0 Å². The predicted molar refractivity (Wildman–Crippen MR) is 89.3 cm³/mol. The average Bonchev–Trinajstić information content (AvgIpc) is 2.64. The third-order valence-corrected chi connectivity index (χ3v) is 4.28. The molecule has 2 N–H and O–H groups in total. The Morgan fingerprint density at radius 3 is 2.27 bits per heavy atom. The minimum Gasteiger partial charge on any atom is -0.399 e. The number of hydrogen-bond acceptors (Lipinski definition) is 4. The van der Waals surface area contributed by atoms with Crippen molar-refractivity contribution in [3.05, 3.63) is 24.3 Å². The molecule has 1 amide bonds. The summed E-state index contributed by atoms with van der Waals surface area (Å²) in [5.74, 6) is -0.0268. The fourth-order valence-electron chi connectivity index (χ4n) is 2.27. The Hall–Kier alpha value is -1.53. The molecule has 0 saturated carbocycles. The van der Waals surface area contributed by atoms with Crippen LogP contribution in [0.5, 0.6) is 0 Å². The second-order valence-electron chi connectivity index (χ2n) is 6.59. The summed E-state index contributed by atoms with van der Waals surface area (Å²) in [6.07, 6.45) is 0. The molecule has 5 nitrogen and oxygen atoms in total. The smallest absolute Gasteiger partial charge is 0.399 e. The highest BCUT2D eigenvalue weighted by Gasteiger charge is 2.52. The van der Waals surface area contributed by atoms with E-state index in [0.29, 0.717) is 13.1 Å². The molecule has 6 heteroatoms. The van der Waals surface area contributed by atoms with Crippen LogP contribution in [-0.4, -0.2) is 37.3 Å². The van der Waals surface area contributed by atoms with Crippen molar-refractivity contribution in [2.75, 3.05) is 18.4 Å². The predicted octanol–water partition coefficient (Wildman–Crippen LogP) is 1.53. The van der Waals surface area contributed by atoms with Crippen molar-refractivity contribution in [1.29, 1.82) is 0 Å². The second kappa shape index (κ2) is 6.30. The summed E-state index contributed by atoms with van der Waals surface area (Å²) in [6, 6.07) is 7.94. The van der Waals surface area contributed by atoms with E-state index in [1.54, 1.807) is 0 Å². The van der Waals surface area contributed by atoms with Crippen LogP contribution in [0.1, 0.15) is 34.6 Å². The third kappa shape index (κ3) is 3.62. The van der Waals surface area contributed by atoms with Crippen molar-refractivity contribution in [3.63, 3.8) is 0 Å². The molecule has 1 heterocycles. The van der Waals surface area contributed by atoms with Gasteiger partial charge in [0.05, 0.1) is 11.2 Å². The van der Waals surface area contributed by atoms with Gasteiger partial charge in [0.2, 0.25) is 5.91 Å². The molecule has 1 aliphatic rings. The minimum absolute atomic E-state index is 0.0268. The van der Waals surface area contributed by atoms with Crippen LogP contribution in [0.2, 0.25) is 0 Å². The monoisotopic (exact) mass is 304 g/mol. The zero-order chi connectivity index (χ0) is 16.4. The first-order valence-electron chi connectivity index (χ1n) is 7.66. The standard InChI is InChI=1S/C16H25BN2O3/c1-12(20)18-10-11-19-14-9-7-6-8-13(14)17-21-15(2,3)16(4,5)22-17/h6-9,19H,10-11H2,1-5H3,(H,18,20). The molecule has 0 radical (unpaired) electrons. The van der Waals surface area contributed by atoms with Gasteiger partial charge >= 0.3 is 7.12 Å². The molecule has 1 aliphatic heterocycles. The van der Waals surface area contributed by atoms with Crippen LogP contribution < -0.4 is 16.1 Å². The Labute approximate surface area is 132 Å². The summed E-state index contributed by atoms with van der Waals surface area (Å²) >= 11 is 0. The Balaban J connectivity index is 2.08. The quantitative estimate of drug-likeness (QED) is 0.640. The van der Waals surface area contributed by atoms with E-state index < -0.39 is 7.12 Å². The average molecular weight is 304 g/mol. The Morgan fingerprint density at radius 1 is 1.09 bits per heavy atom. The fraction of sp³-hybridized carbons (Fsp3) is 0.562. The van der Waals surface area contributed by atoms with Crippen molar-refractivity contribution >= 4 is 24.2 Å². The van der Waals surface area contributed by atoms with E-state index in [2.05, 4.69) is 10.6 Å². The Bertz CT molecular complexity index is 530. The molecule has 120 valence electrons. The van der Waals surface area contributed by atoms with Gasteiger partial charge in [-0.2, -0.15) is 0 Å². The largest absolute Gasteiger partial charge is 0.496 e. The van der Waals surface area contributed by atoms with Gasteiger partial charge in [-0.3, -0.25) is 4.79 Å². The molecule has 1 aromatic rings. The summed E-state index contributed by atoms with van der Waals surface area (Å²) < 4.78 is 12.2. The maximum Gasteiger partial charge on any atom is 0.496 e. The SMILES string of the molecule is CC(=O)NCCNc1ccccc1B1OC(C)(C)C(C)(C)O1. The normalized spacial score (nSPS) is 19.0. The Morgan fingerprint density at radius 2 is 1.68 bits per heavy atom. The van der Waals surface area contributed by atoms with Gasteiger partial charge in [-0.05, 0) is 33.8 Å². The van der Waals surface area contributed by atoms with Crippen LogP contribution in [0.3, 0.4) is 0 Å².